The SMILES string of the molecule is COc1cc2c(cc1O)c(NC(C)c1cccc(C(F)(F)F)c1)nc1nccn12. The smallest absolute Gasteiger partial charge is 0.416 e. The van der Waals surface area contributed by atoms with Gasteiger partial charge in [-0.15, -0.1) is 0 Å². The number of fused-ring (bicyclic) bond motifs is 3. The van der Waals surface area contributed by atoms with Gasteiger partial charge < -0.3 is 15.2 Å². The molecule has 0 aliphatic heterocycles. The van der Waals surface area contributed by atoms with Gasteiger partial charge in [-0.05, 0) is 30.7 Å². The maximum absolute atomic E-state index is 13.0. The van der Waals surface area contributed by atoms with E-state index in [9.17, 15) is 18.3 Å². The number of imidazole rings is 1. The Morgan fingerprint density at radius 3 is 2.72 bits per heavy atom. The zero-order chi connectivity index (χ0) is 20.8. The number of hydrogen-bond acceptors (Lipinski definition) is 5. The van der Waals surface area contributed by atoms with Crippen LogP contribution in [0.3, 0.4) is 0 Å². The molecule has 0 aliphatic carbocycles. The van der Waals surface area contributed by atoms with E-state index in [2.05, 4.69) is 15.3 Å². The van der Waals surface area contributed by atoms with Gasteiger partial charge in [-0.25, -0.2) is 4.98 Å². The number of anilines is 1. The minimum atomic E-state index is -4.42. The second kappa shape index (κ2) is 6.84. The van der Waals surface area contributed by atoms with Crippen molar-refractivity contribution in [2.45, 2.75) is 19.1 Å². The van der Waals surface area contributed by atoms with Crippen LogP contribution in [0.1, 0.15) is 24.1 Å². The summed E-state index contributed by atoms with van der Waals surface area (Å²) >= 11 is 0. The van der Waals surface area contributed by atoms with Crippen molar-refractivity contribution in [3.8, 4) is 11.5 Å². The van der Waals surface area contributed by atoms with Crippen molar-refractivity contribution in [3.63, 3.8) is 0 Å². The number of phenols is 1. The van der Waals surface area contributed by atoms with Crippen LogP contribution in [0, 0.1) is 0 Å². The third-order valence-corrected chi connectivity index (χ3v) is 4.71. The molecule has 0 spiro atoms. The summed E-state index contributed by atoms with van der Waals surface area (Å²) in [5.74, 6) is 1.01. The molecule has 0 amide bonds. The molecule has 2 aromatic heterocycles. The molecule has 0 fully saturated rings. The van der Waals surface area contributed by atoms with Crippen LogP contribution in [0.2, 0.25) is 0 Å². The third-order valence-electron chi connectivity index (χ3n) is 4.71. The Bertz CT molecular complexity index is 1200. The summed E-state index contributed by atoms with van der Waals surface area (Å²) in [6.45, 7) is 1.74. The molecule has 0 aliphatic rings. The van der Waals surface area contributed by atoms with Gasteiger partial charge >= 0.3 is 6.18 Å². The Morgan fingerprint density at radius 1 is 1.21 bits per heavy atom. The van der Waals surface area contributed by atoms with E-state index in [0.717, 1.165) is 12.1 Å². The van der Waals surface area contributed by atoms with Crippen LogP contribution >= 0.6 is 0 Å². The van der Waals surface area contributed by atoms with Gasteiger partial charge in [0.1, 0.15) is 5.82 Å². The van der Waals surface area contributed by atoms with Gasteiger partial charge in [0.05, 0.1) is 18.2 Å². The molecular formula is C20H17F3N4O2. The van der Waals surface area contributed by atoms with Crippen LogP contribution in [-0.2, 0) is 6.18 Å². The first-order valence-corrected chi connectivity index (χ1v) is 8.75. The van der Waals surface area contributed by atoms with Crippen molar-refractivity contribution in [2.75, 3.05) is 12.4 Å². The predicted molar refractivity (Wildman–Crippen MR) is 102 cm³/mol. The zero-order valence-corrected chi connectivity index (χ0v) is 15.5. The number of alkyl halides is 3. The molecule has 4 rings (SSSR count). The number of hydrogen-bond donors (Lipinski definition) is 2. The van der Waals surface area contributed by atoms with Crippen molar-refractivity contribution >= 4 is 22.5 Å². The molecule has 0 radical (unpaired) electrons. The van der Waals surface area contributed by atoms with E-state index in [1.807, 2.05) is 0 Å². The van der Waals surface area contributed by atoms with E-state index in [1.54, 1.807) is 35.9 Å². The monoisotopic (exact) mass is 402 g/mol. The Hall–Kier alpha value is -3.49. The molecule has 0 saturated heterocycles. The van der Waals surface area contributed by atoms with E-state index in [4.69, 9.17) is 4.74 Å². The first kappa shape index (κ1) is 18.9. The van der Waals surface area contributed by atoms with Gasteiger partial charge in [0.2, 0.25) is 5.78 Å². The number of ether oxygens (including phenoxy) is 1. The zero-order valence-electron chi connectivity index (χ0n) is 15.5. The first-order valence-electron chi connectivity index (χ1n) is 8.75. The minimum absolute atomic E-state index is 0.0731. The largest absolute Gasteiger partial charge is 0.504 e. The molecule has 0 bridgehead atoms. The molecule has 4 aromatic rings. The van der Waals surface area contributed by atoms with Crippen molar-refractivity contribution in [3.05, 3.63) is 59.9 Å². The number of nitrogens with one attached hydrogen (secondary N) is 1. The topological polar surface area (TPSA) is 71.7 Å². The molecule has 1 unspecified atom stereocenters. The number of phenolic OH excluding ortho intramolecular Hbond substituents is 1. The highest BCUT2D eigenvalue weighted by Crippen LogP contribution is 2.36. The number of benzene rings is 2. The summed E-state index contributed by atoms with van der Waals surface area (Å²) in [7, 11) is 1.45. The van der Waals surface area contributed by atoms with Crippen LogP contribution in [0.25, 0.3) is 16.7 Å². The average molecular weight is 402 g/mol. The highest BCUT2D eigenvalue weighted by molar-refractivity contribution is 5.93. The van der Waals surface area contributed by atoms with Crippen molar-refractivity contribution in [1.82, 2.24) is 14.4 Å². The number of rotatable bonds is 4. The van der Waals surface area contributed by atoms with Gasteiger partial charge in [-0.2, -0.15) is 18.2 Å². The van der Waals surface area contributed by atoms with Crippen molar-refractivity contribution < 1.29 is 23.0 Å². The van der Waals surface area contributed by atoms with Crippen LogP contribution in [-0.4, -0.2) is 26.6 Å². The quantitative estimate of drug-likeness (QED) is 0.514. The number of halogens is 3. The van der Waals surface area contributed by atoms with Crippen LogP contribution in [0.5, 0.6) is 11.5 Å². The lowest BCUT2D eigenvalue weighted by Crippen LogP contribution is -2.12. The molecular weight excluding hydrogens is 385 g/mol. The molecule has 0 saturated carbocycles. The molecule has 2 aromatic carbocycles. The maximum Gasteiger partial charge on any atom is 0.416 e. The second-order valence-electron chi connectivity index (χ2n) is 6.59. The van der Waals surface area contributed by atoms with Crippen LogP contribution in [0.15, 0.2) is 48.8 Å². The molecule has 2 N–H and O–H groups in total. The fourth-order valence-corrected chi connectivity index (χ4v) is 3.22. The van der Waals surface area contributed by atoms with E-state index in [0.29, 0.717) is 28.1 Å². The standard InChI is InChI=1S/C20H17F3N4O2/c1-11(12-4-3-5-13(8-12)20(21,22)23)25-18-14-9-16(28)17(29-2)10-15(14)27-7-6-24-19(27)26-18/h3-11,28H,1-2H3,(H,24,25,26). The van der Waals surface area contributed by atoms with E-state index in [1.165, 1.54) is 19.2 Å². The minimum Gasteiger partial charge on any atom is -0.504 e. The van der Waals surface area contributed by atoms with E-state index < -0.39 is 17.8 Å². The molecule has 29 heavy (non-hydrogen) atoms. The Balaban J connectivity index is 1.80. The van der Waals surface area contributed by atoms with Gasteiger partial charge in [0.15, 0.2) is 11.5 Å². The lowest BCUT2D eigenvalue weighted by molar-refractivity contribution is -0.137. The number of methoxy groups -OCH3 is 1. The molecule has 9 heteroatoms. The predicted octanol–water partition coefficient (Wildman–Crippen LogP) is 4.79. The summed E-state index contributed by atoms with van der Waals surface area (Å²) in [4.78, 5) is 8.66. The fourth-order valence-electron chi connectivity index (χ4n) is 3.22. The van der Waals surface area contributed by atoms with E-state index in [-0.39, 0.29) is 11.5 Å². The molecule has 6 nitrogen and oxygen atoms in total. The second-order valence-corrected chi connectivity index (χ2v) is 6.59. The molecule has 150 valence electrons. The summed E-state index contributed by atoms with van der Waals surface area (Å²) < 4.78 is 46.0. The van der Waals surface area contributed by atoms with Crippen LogP contribution in [0.4, 0.5) is 19.0 Å². The number of aromatic nitrogens is 3. The fraction of sp³-hybridized carbons (Fsp3) is 0.200. The Morgan fingerprint density at radius 2 is 2.00 bits per heavy atom. The van der Waals surface area contributed by atoms with Gasteiger partial charge in [0, 0.05) is 29.9 Å². The lowest BCUT2D eigenvalue weighted by atomic mass is 10.0. The summed E-state index contributed by atoms with van der Waals surface area (Å²) in [6.07, 6.45) is -1.11. The average Bonchev–Trinajstić information content (AvgIpc) is 3.15. The van der Waals surface area contributed by atoms with Crippen molar-refractivity contribution in [2.24, 2.45) is 0 Å². The summed E-state index contributed by atoms with van der Waals surface area (Å²) in [6, 6.07) is 7.80. The summed E-state index contributed by atoms with van der Waals surface area (Å²) in [5.41, 5.74) is 0.421. The van der Waals surface area contributed by atoms with Crippen LogP contribution < -0.4 is 10.1 Å². The van der Waals surface area contributed by atoms with Crippen molar-refractivity contribution in [1.29, 1.82) is 0 Å². The molecule has 1 atom stereocenters. The Kier molecular flexibility index (Phi) is 4.45. The van der Waals surface area contributed by atoms with Gasteiger partial charge in [-0.1, -0.05) is 12.1 Å². The van der Waals surface area contributed by atoms with E-state index >= 15 is 0 Å². The Labute approximate surface area is 163 Å². The lowest BCUT2D eigenvalue weighted by Gasteiger charge is -2.19. The first-order chi connectivity index (χ1) is 13.8. The normalized spacial score (nSPS) is 13.0. The third kappa shape index (κ3) is 3.39. The highest BCUT2D eigenvalue weighted by Gasteiger charge is 2.30. The van der Waals surface area contributed by atoms with Gasteiger partial charge in [-0.3, -0.25) is 4.40 Å². The maximum atomic E-state index is 13.0. The summed E-state index contributed by atoms with van der Waals surface area (Å²) in [5, 5.41) is 13.9. The van der Waals surface area contributed by atoms with Gasteiger partial charge in [0.25, 0.3) is 0 Å². The number of nitrogens with zero attached hydrogens (tertiary/aromatic N) is 3. The molecule has 2 heterocycles. The number of aromatic hydroxyl groups is 1. The highest BCUT2D eigenvalue weighted by atomic mass is 19.4.